The van der Waals surface area contributed by atoms with Crippen LogP contribution in [0.3, 0.4) is 0 Å². The quantitative estimate of drug-likeness (QED) is 0.733. The predicted octanol–water partition coefficient (Wildman–Crippen LogP) is 1.82. The lowest BCUT2D eigenvalue weighted by molar-refractivity contribution is 0.379. The van der Waals surface area contributed by atoms with Crippen molar-refractivity contribution in [2.24, 2.45) is 5.73 Å². The maximum Gasteiger partial charge on any atom is 0.165 e. The molecule has 0 fully saturated rings. The van der Waals surface area contributed by atoms with Gasteiger partial charge in [-0.15, -0.1) is 0 Å². The van der Waals surface area contributed by atoms with Crippen molar-refractivity contribution in [3.05, 3.63) is 23.5 Å². The summed E-state index contributed by atoms with van der Waals surface area (Å²) < 4.78 is 18.0. The van der Waals surface area contributed by atoms with Crippen LogP contribution >= 0.6 is 0 Å². The Morgan fingerprint density at radius 1 is 1.40 bits per heavy atom. The van der Waals surface area contributed by atoms with E-state index in [0.29, 0.717) is 18.5 Å². The molecule has 0 aliphatic carbocycles. The Bertz CT molecular complexity index is 329. The summed E-state index contributed by atoms with van der Waals surface area (Å²) in [5.41, 5.74) is 5.95. The van der Waals surface area contributed by atoms with Crippen LogP contribution in [-0.4, -0.2) is 18.8 Å². The zero-order valence-electron chi connectivity index (χ0n) is 8.79. The van der Waals surface area contributed by atoms with E-state index in [0.717, 1.165) is 12.8 Å². The number of hydrogen-bond donors (Lipinski definition) is 2. The lowest BCUT2D eigenvalue weighted by atomic mass is 10.1. The number of phenolic OH excluding ortho intramolecular Hbond substituents is 1. The van der Waals surface area contributed by atoms with Crippen LogP contribution in [0.4, 0.5) is 4.39 Å². The molecule has 0 aliphatic rings. The number of unbranched alkanes of at least 4 members (excludes halogenated alkanes) is 1. The van der Waals surface area contributed by atoms with E-state index in [2.05, 4.69) is 0 Å². The molecule has 0 saturated heterocycles. The van der Waals surface area contributed by atoms with Crippen molar-refractivity contribution in [3.8, 4) is 11.5 Å². The fraction of sp³-hybridized carbons (Fsp3) is 0.455. The predicted molar refractivity (Wildman–Crippen MR) is 56.6 cm³/mol. The largest absolute Gasteiger partial charge is 0.508 e. The van der Waals surface area contributed by atoms with Gasteiger partial charge in [0.1, 0.15) is 5.75 Å². The molecule has 0 saturated carbocycles. The number of methoxy groups -OCH3 is 1. The highest BCUT2D eigenvalue weighted by atomic mass is 19.1. The fourth-order valence-corrected chi connectivity index (χ4v) is 1.40. The summed E-state index contributed by atoms with van der Waals surface area (Å²) >= 11 is 0. The highest BCUT2D eigenvalue weighted by molar-refractivity contribution is 5.40. The fourth-order valence-electron chi connectivity index (χ4n) is 1.40. The minimum Gasteiger partial charge on any atom is -0.508 e. The number of ether oxygens (including phenoxy) is 1. The van der Waals surface area contributed by atoms with Crippen molar-refractivity contribution in [2.75, 3.05) is 13.7 Å². The van der Waals surface area contributed by atoms with E-state index in [1.165, 1.54) is 19.2 Å². The molecule has 0 aromatic heterocycles. The maximum absolute atomic E-state index is 13.3. The molecule has 0 unspecified atom stereocenters. The first kappa shape index (κ1) is 11.8. The molecular formula is C11H16FNO2. The monoisotopic (exact) mass is 213 g/mol. The second kappa shape index (κ2) is 5.56. The smallest absolute Gasteiger partial charge is 0.165 e. The molecule has 0 radical (unpaired) electrons. The molecule has 0 atom stereocenters. The summed E-state index contributed by atoms with van der Waals surface area (Å²) in [6, 6.07) is 2.61. The summed E-state index contributed by atoms with van der Waals surface area (Å²) in [4.78, 5) is 0. The van der Waals surface area contributed by atoms with Gasteiger partial charge in [-0.3, -0.25) is 0 Å². The number of hydrogen-bond acceptors (Lipinski definition) is 3. The number of phenols is 1. The second-order valence-corrected chi connectivity index (χ2v) is 3.36. The molecule has 1 aromatic rings. The number of nitrogens with two attached hydrogens (primary N) is 1. The van der Waals surface area contributed by atoms with Crippen LogP contribution < -0.4 is 10.5 Å². The number of halogens is 1. The molecule has 15 heavy (non-hydrogen) atoms. The Labute approximate surface area is 88.7 Å². The van der Waals surface area contributed by atoms with Gasteiger partial charge in [0.05, 0.1) is 7.11 Å². The van der Waals surface area contributed by atoms with E-state index in [-0.39, 0.29) is 11.5 Å². The van der Waals surface area contributed by atoms with Crippen LogP contribution in [0.1, 0.15) is 18.4 Å². The normalized spacial score (nSPS) is 10.3. The molecule has 3 nitrogen and oxygen atoms in total. The molecule has 1 rings (SSSR count). The summed E-state index contributed by atoms with van der Waals surface area (Å²) in [6.45, 7) is 0.611. The SMILES string of the molecule is COc1cc(O)c(CCCCN)cc1F. The third-order valence-electron chi connectivity index (χ3n) is 2.25. The van der Waals surface area contributed by atoms with Crippen molar-refractivity contribution in [1.82, 2.24) is 0 Å². The molecular weight excluding hydrogens is 197 g/mol. The Balaban J connectivity index is 2.76. The maximum atomic E-state index is 13.3. The summed E-state index contributed by atoms with van der Waals surface area (Å²) in [7, 11) is 1.37. The lowest BCUT2D eigenvalue weighted by Gasteiger charge is -2.07. The van der Waals surface area contributed by atoms with Gasteiger partial charge < -0.3 is 15.6 Å². The van der Waals surface area contributed by atoms with E-state index < -0.39 is 5.82 Å². The zero-order chi connectivity index (χ0) is 11.3. The first-order valence-corrected chi connectivity index (χ1v) is 4.94. The van der Waals surface area contributed by atoms with Crippen molar-refractivity contribution < 1.29 is 14.2 Å². The number of aromatic hydroxyl groups is 1. The van der Waals surface area contributed by atoms with Gasteiger partial charge in [0.2, 0.25) is 0 Å². The van der Waals surface area contributed by atoms with Gasteiger partial charge in [0.25, 0.3) is 0 Å². The standard InChI is InChI=1S/C11H16FNO2/c1-15-11-7-10(14)8(6-9(11)12)4-2-3-5-13/h6-7,14H,2-5,13H2,1H3. The van der Waals surface area contributed by atoms with Crippen LogP contribution in [0.5, 0.6) is 11.5 Å². The van der Waals surface area contributed by atoms with Crippen LogP contribution in [0.15, 0.2) is 12.1 Å². The van der Waals surface area contributed by atoms with Gasteiger partial charge >= 0.3 is 0 Å². The first-order chi connectivity index (χ1) is 7.19. The van der Waals surface area contributed by atoms with Crippen LogP contribution in [0.25, 0.3) is 0 Å². The van der Waals surface area contributed by atoms with Crippen LogP contribution in [-0.2, 0) is 6.42 Å². The van der Waals surface area contributed by atoms with Crippen molar-refractivity contribution in [2.45, 2.75) is 19.3 Å². The summed E-state index contributed by atoms with van der Waals surface area (Å²) in [5.74, 6) is -0.307. The lowest BCUT2D eigenvalue weighted by Crippen LogP contribution is -1.99. The van der Waals surface area contributed by atoms with Gasteiger partial charge in [0.15, 0.2) is 11.6 Å². The zero-order valence-corrected chi connectivity index (χ0v) is 8.79. The third kappa shape index (κ3) is 3.09. The Hall–Kier alpha value is -1.29. The highest BCUT2D eigenvalue weighted by Gasteiger charge is 2.08. The van der Waals surface area contributed by atoms with E-state index in [1.807, 2.05) is 0 Å². The third-order valence-corrected chi connectivity index (χ3v) is 2.25. The minimum atomic E-state index is -0.446. The van der Waals surface area contributed by atoms with Gasteiger partial charge in [-0.2, -0.15) is 0 Å². The van der Waals surface area contributed by atoms with E-state index >= 15 is 0 Å². The van der Waals surface area contributed by atoms with Crippen molar-refractivity contribution in [3.63, 3.8) is 0 Å². The molecule has 4 heteroatoms. The molecule has 0 bridgehead atoms. The number of benzene rings is 1. The molecule has 1 aromatic carbocycles. The molecule has 0 spiro atoms. The molecule has 3 N–H and O–H groups in total. The molecule has 84 valence electrons. The topological polar surface area (TPSA) is 55.5 Å². The van der Waals surface area contributed by atoms with E-state index in [9.17, 15) is 9.50 Å². The van der Waals surface area contributed by atoms with E-state index in [4.69, 9.17) is 10.5 Å². The van der Waals surface area contributed by atoms with Crippen molar-refractivity contribution >= 4 is 0 Å². The Kier molecular flexibility index (Phi) is 4.37. The Morgan fingerprint density at radius 2 is 2.13 bits per heavy atom. The van der Waals surface area contributed by atoms with Gasteiger partial charge in [-0.25, -0.2) is 4.39 Å². The second-order valence-electron chi connectivity index (χ2n) is 3.36. The number of aryl methyl sites for hydroxylation is 1. The molecule has 0 amide bonds. The van der Waals surface area contributed by atoms with Crippen LogP contribution in [0.2, 0.25) is 0 Å². The summed E-state index contributed by atoms with van der Waals surface area (Å²) in [5, 5.41) is 9.57. The molecule has 0 heterocycles. The Morgan fingerprint density at radius 3 is 2.73 bits per heavy atom. The van der Waals surface area contributed by atoms with Gasteiger partial charge in [-0.1, -0.05) is 0 Å². The van der Waals surface area contributed by atoms with Gasteiger partial charge in [-0.05, 0) is 37.4 Å². The van der Waals surface area contributed by atoms with Crippen molar-refractivity contribution in [1.29, 1.82) is 0 Å². The average molecular weight is 213 g/mol. The highest BCUT2D eigenvalue weighted by Crippen LogP contribution is 2.27. The molecule has 0 aliphatic heterocycles. The van der Waals surface area contributed by atoms with E-state index in [1.54, 1.807) is 0 Å². The average Bonchev–Trinajstić information content (AvgIpc) is 2.23. The first-order valence-electron chi connectivity index (χ1n) is 4.94. The van der Waals surface area contributed by atoms with Crippen LogP contribution in [0, 0.1) is 5.82 Å². The summed E-state index contributed by atoms with van der Waals surface area (Å²) in [6.07, 6.45) is 2.34. The van der Waals surface area contributed by atoms with Gasteiger partial charge in [0, 0.05) is 6.07 Å². The minimum absolute atomic E-state index is 0.0649. The number of rotatable bonds is 5.